The smallest absolute Gasteiger partial charge is 0.325 e. The largest absolute Gasteiger partial charge is 0.325 e. The van der Waals surface area contributed by atoms with Crippen molar-refractivity contribution in [1.82, 2.24) is 4.90 Å². The molecule has 0 aromatic heterocycles. The summed E-state index contributed by atoms with van der Waals surface area (Å²) >= 11 is 0. The van der Waals surface area contributed by atoms with Gasteiger partial charge in [0.25, 0.3) is 0 Å². The normalized spacial score (nSPS) is 14.0. The first-order chi connectivity index (χ1) is 12.7. The molecule has 2 aromatic carbocycles. The Morgan fingerprint density at radius 1 is 1.04 bits per heavy atom. The number of para-hydroxylation sites is 1. The van der Waals surface area contributed by atoms with E-state index in [9.17, 15) is 9.59 Å². The molecular formula is C21H25N3O2. The number of unbranched alkanes of at least 4 members (excludes halogenated alkanes) is 1. The van der Waals surface area contributed by atoms with Crippen molar-refractivity contribution in [3.8, 4) is 0 Å². The van der Waals surface area contributed by atoms with Gasteiger partial charge in [0.15, 0.2) is 0 Å². The Bertz CT molecular complexity index is 744. The second kappa shape index (κ2) is 8.52. The number of rotatable bonds is 7. The average Bonchev–Trinajstić information content (AvgIpc) is 3.02. The summed E-state index contributed by atoms with van der Waals surface area (Å²) < 4.78 is 0. The molecule has 1 aliphatic heterocycles. The van der Waals surface area contributed by atoms with E-state index in [4.69, 9.17) is 0 Å². The average molecular weight is 351 g/mol. The minimum atomic E-state index is -0.172. The maximum atomic E-state index is 12.5. The van der Waals surface area contributed by atoms with Gasteiger partial charge < -0.3 is 10.2 Å². The van der Waals surface area contributed by atoms with E-state index in [0.29, 0.717) is 13.1 Å². The Balaban J connectivity index is 1.53. The van der Waals surface area contributed by atoms with E-state index in [1.807, 2.05) is 54.6 Å². The van der Waals surface area contributed by atoms with Crippen LogP contribution in [0, 0.1) is 0 Å². The van der Waals surface area contributed by atoms with Crippen LogP contribution in [0.1, 0.15) is 25.3 Å². The van der Waals surface area contributed by atoms with Gasteiger partial charge in [-0.3, -0.25) is 9.69 Å². The lowest BCUT2D eigenvalue weighted by atomic mass is 10.1. The summed E-state index contributed by atoms with van der Waals surface area (Å²) in [4.78, 5) is 28.1. The summed E-state index contributed by atoms with van der Waals surface area (Å²) in [6, 6.07) is 17.3. The van der Waals surface area contributed by atoms with Crippen LogP contribution < -0.4 is 10.2 Å². The van der Waals surface area contributed by atoms with E-state index in [1.54, 1.807) is 9.80 Å². The molecule has 5 nitrogen and oxygen atoms in total. The maximum absolute atomic E-state index is 12.5. The van der Waals surface area contributed by atoms with Crippen molar-refractivity contribution >= 4 is 23.3 Å². The fraction of sp³-hybridized carbons (Fsp3) is 0.333. The number of amides is 3. The first-order valence-corrected chi connectivity index (χ1v) is 9.17. The zero-order chi connectivity index (χ0) is 18.4. The first-order valence-electron chi connectivity index (χ1n) is 9.17. The van der Waals surface area contributed by atoms with Crippen LogP contribution in [0.3, 0.4) is 0 Å². The quantitative estimate of drug-likeness (QED) is 0.822. The second-order valence-corrected chi connectivity index (χ2v) is 6.54. The predicted molar refractivity (Wildman–Crippen MR) is 104 cm³/mol. The van der Waals surface area contributed by atoms with Crippen molar-refractivity contribution in [2.45, 2.75) is 26.2 Å². The molecule has 1 fully saturated rings. The molecule has 1 heterocycles. The molecule has 1 N–H and O–H groups in total. The number of benzene rings is 2. The minimum absolute atomic E-state index is 0.0692. The minimum Gasteiger partial charge on any atom is -0.325 e. The van der Waals surface area contributed by atoms with Crippen molar-refractivity contribution in [2.24, 2.45) is 0 Å². The van der Waals surface area contributed by atoms with E-state index in [2.05, 4.69) is 12.2 Å². The summed E-state index contributed by atoms with van der Waals surface area (Å²) in [5.41, 5.74) is 2.91. The SMILES string of the molecule is CCCCc1ccc(NC(=O)CN2CCN(c3ccccc3)C2=O)cc1. The summed E-state index contributed by atoms with van der Waals surface area (Å²) in [5.74, 6) is -0.172. The van der Waals surface area contributed by atoms with Crippen molar-refractivity contribution in [3.63, 3.8) is 0 Å². The number of carbonyl (C=O) groups is 2. The lowest BCUT2D eigenvalue weighted by molar-refractivity contribution is -0.116. The summed E-state index contributed by atoms with van der Waals surface area (Å²) in [7, 11) is 0. The molecule has 1 saturated heterocycles. The van der Waals surface area contributed by atoms with Crippen LogP contribution in [-0.2, 0) is 11.2 Å². The number of nitrogens with zero attached hydrogens (tertiary/aromatic N) is 2. The highest BCUT2D eigenvalue weighted by molar-refractivity contribution is 5.99. The fourth-order valence-electron chi connectivity index (χ4n) is 3.09. The van der Waals surface area contributed by atoms with Crippen LogP contribution in [-0.4, -0.2) is 36.5 Å². The third-order valence-corrected chi connectivity index (χ3v) is 4.55. The maximum Gasteiger partial charge on any atom is 0.325 e. The number of nitrogens with one attached hydrogen (secondary N) is 1. The predicted octanol–water partition coefficient (Wildman–Crippen LogP) is 3.91. The Kier molecular flexibility index (Phi) is 5.89. The molecule has 3 rings (SSSR count). The molecular weight excluding hydrogens is 326 g/mol. The summed E-state index contributed by atoms with van der Waals surface area (Å²) in [6.45, 7) is 3.40. The molecule has 1 aliphatic rings. The van der Waals surface area contributed by atoms with Crippen molar-refractivity contribution in [1.29, 1.82) is 0 Å². The Hall–Kier alpha value is -2.82. The third-order valence-electron chi connectivity index (χ3n) is 4.55. The summed E-state index contributed by atoms with van der Waals surface area (Å²) in [5, 5.41) is 2.88. The molecule has 0 radical (unpaired) electrons. The fourth-order valence-corrected chi connectivity index (χ4v) is 3.09. The Morgan fingerprint density at radius 2 is 1.77 bits per heavy atom. The zero-order valence-corrected chi connectivity index (χ0v) is 15.1. The van der Waals surface area contributed by atoms with Gasteiger partial charge in [-0.15, -0.1) is 0 Å². The van der Waals surface area contributed by atoms with E-state index in [0.717, 1.165) is 17.8 Å². The molecule has 136 valence electrons. The number of anilines is 2. The van der Waals surface area contributed by atoms with Gasteiger partial charge in [0.05, 0.1) is 0 Å². The third kappa shape index (κ3) is 4.42. The highest BCUT2D eigenvalue weighted by Crippen LogP contribution is 2.19. The second-order valence-electron chi connectivity index (χ2n) is 6.54. The molecule has 0 atom stereocenters. The standard InChI is InChI=1S/C21H25N3O2/c1-2-3-7-17-10-12-18(13-11-17)22-20(25)16-23-14-15-24(21(23)26)19-8-5-4-6-9-19/h4-6,8-13H,2-3,7,14-16H2,1H3,(H,22,25). The number of aryl methyl sites for hydroxylation is 1. The van der Waals surface area contributed by atoms with Gasteiger partial charge in [0.1, 0.15) is 6.54 Å². The van der Waals surface area contributed by atoms with E-state index in [1.165, 1.54) is 18.4 Å². The van der Waals surface area contributed by atoms with Gasteiger partial charge in [-0.25, -0.2) is 4.79 Å². The molecule has 26 heavy (non-hydrogen) atoms. The van der Waals surface area contributed by atoms with Gasteiger partial charge in [0, 0.05) is 24.5 Å². The van der Waals surface area contributed by atoms with Crippen LogP contribution in [0.4, 0.5) is 16.2 Å². The van der Waals surface area contributed by atoms with E-state index >= 15 is 0 Å². The number of hydrogen-bond donors (Lipinski definition) is 1. The van der Waals surface area contributed by atoms with Crippen LogP contribution >= 0.6 is 0 Å². The molecule has 5 heteroatoms. The van der Waals surface area contributed by atoms with Gasteiger partial charge in [-0.05, 0) is 42.7 Å². The Labute approximate surface area is 154 Å². The molecule has 3 amide bonds. The van der Waals surface area contributed by atoms with E-state index < -0.39 is 0 Å². The zero-order valence-electron chi connectivity index (χ0n) is 15.1. The van der Waals surface area contributed by atoms with Gasteiger partial charge >= 0.3 is 6.03 Å². The number of carbonyl (C=O) groups excluding carboxylic acids is 2. The van der Waals surface area contributed by atoms with E-state index in [-0.39, 0.29) is 18.5 Å². The van der Waals surface area contributed by atoms with Crippen molar-refractivity contribution in [3.05, 3.63) is 60.2 Å². The monoisotopic (exact) mass is 351 g/mol. The molecule has 2 aromatic rings. The van der Waals surface area contributed by atoms with Crippen LogP contribution in [0.5, 0.6) is 0 Å². The van der Waals surface area contributed by atoms with Gasteiger partial charge in [-0.1, -0.05) is 43.7 Å². The molecule has 0 aliphatic carbocycles. The van der Waals surface area contributed by atoms with Gasteiger partial charge in [0.2, 0.25) is 5.91 Å². The Morgan fingerprint density at radius 3 is 2.46 bits per heavy atom. The van der Waals surface area contributed by atoms with Gasteiger partial charge in [-0.2, -0.15) is 0 Å². The molecule has 0 unspecified atom stereocenters. The summed E-state index contributed by atoms with van der Waals surface area (Å²) in [6.07, 6.45) is 3.39. The van der Waals surface area contributed by atoms with Crippen molar-refractivity contribution < 1.29 is 9.59 Å². The van der Waals surface area contributed by atoms with Crippen molar-refractivity contribution in [2.75, 3.05) is 29.9 Å². The van der Waals surface area contributed by atoms with Crippen LogP contribution in [0.2, 0.25) is 0 Å². The highest BCUT2D eigenvalue weighted by Gasteiger charge is 2.30. The first kappa shape index (κ1) is 18.0. The highest BCUT2D eigenvalue weighted by atomic mass is 16.2. The molecule has 0 saturated carbocycles. The lowest BCUT2D eigenvalue weighted by Gasteiger charge is -2.18. The molecule has 0 bridgehead atoms. The van der Waals surface area contributed by atoms with Crippen LogP contribution in [0.25, 0.3) is 0 Å². The number of hydrogen-bond acceptors (Lipinski definition) is 2. The lowest BCUT2D eigenvalue weighted by Crippen LogP contribution is -2.37. The van der Waals surface area contributed by atoms with Crippen LogP contribution in [0.15, 0.2) is 54.6 Å². The number of urea groups is 1. The topological polar surface area (TPSA) is 52.7 Å². The molecule has 0 spiro atoms.